The smallest absolute Gasteiger partial charge is 0.264 e. The Balaban J connectivity index is 2.41. The maximum absolute atomic E-state index is 12.1. The van der Waals surface area contributed by atoms with Gasteiger partial charge in [0, 0.05) is 18.3 Å². The Morgan fingerprint density at radius 1 is 1.17 bits per heavy atom. The van der Waals surface area contributed by atoms with Crippen LogP contribution in [0.5, 0.6) is 0 Å². The number of quaternary nitrogens is 1. The van der Waals surface area contributed by atoms with Gasteiger partial charge in [-0.15, -0.1) is 0 Å². The summed E-state index contributed by atoms with van der Waals surface area (Å²) in [5, 5.41) is 3.05. The van der Waals surface area contributed by atoms with E-state index in [2.05, 4.69) is 5.32 Å². The van der Waals surface area contributed by atoms with E-state index in [1.807, 2.05) is 20.8 Å². The molecule has 0 spiro atoms. The Morgan fingerprint density at radius 2 is 1.78 bits per heavy atom. The molecule has 1 saturated heterocycles. The average Bonchev–Trinajstić information content (AvgIpc) is 2.91. The lowest BCUT2D eigenvalue weighted by molar-refractivity contribution is -0.915. The molecule has 0 bridgehead atoms. The van der Waals surface area contributed by atoms with Gasteiger partial charge in [0.2, 0.25) is 5.91 Å². The molecule has 1 aliphatic heterocycles. The second-order valence-corrected chi connectivity index (χ2v) is 9.00. The van der Waals surface area contributed by atoms with Crippen molar-refractivity contribution in [3.8, 4) is 0 Å². The van der Waals surface area contributed by atoms with Crippen LogP contribution in [0.4, 0.5) is 0 Å². The van der Waals surface area contributed by atoms with Crippen molar-refractivity contribution in [2.75, 3.05) is 38.5 Å². The van der Waals surface area contributed by atoms with Crippen molar-refractivity contribution in [2.45, 2.75) is 52.9 Å². The minimum atomic E-state index is -3.85. The molecule has 1 fully saturated rings. The molecule has 0 saturated carbocycles. The molecule has 0 atom stereocenters. The third-order valence-corrected chi connectivity index (χ3v) is 5.97. The summed E-state index contributed by atoms with van der Waals surface area (Å²) in [7, 11) is -3.85. The highest BCUT2D eigenvalue weighted by Crippen LogP contribution is 2.21. The molecular weight excluding hydrogens is 316 g/mol. The van der Waals surface area contributed by atoms with Crippen LogP contribution in [0, 0.1) is 5.41 Å². The number of nitrogens with one attached hydrogen (secondary N) is 1. The normalized spacial score (nSPS) is 18.1. The quantitative estimate of drug-likeness (QED) is 0.358. The van der Waals surface area contributed by atoms with Crippen LogP contribution in [0.25, 0.3) is 0 Å². The zero-order valence-corrected chi connectivity index (χ0v) is 15.6. The molecule has 0 unspecified atom stereocenters. The second-order valence-electron chi connectivity index (χ2n) is 7.43. The average molecular weight is 350 g/mol. The fraction of sp³-hybridized carbons (Fsp3) is 0.938. The number of likely N-dealkylation sites (tertiary alicyclic amines) is 1. The molecular formula is C16H33N2O4S+. The summed E-state index contributed by atoms with van der Waals surface area (Å²) in [4.78, 5) is 12.1. The first-order valence-corrected chi connectivity index (χ1v) is 10.3. The number of carbonyl (C=O) groups is 1. The van der Waals surface area contributed by atoms with Crippen molar-refractivity contribution in [3.05, 3.63) is 0 Å². The highest BCUT2D eigenvalue weighted by atomic mass is 32.2. The van der Waals surface area contributed by atoms with E-state index in [1.165, 1.54) is 12.8 Å². The maximum Gasteiger partial charge on any atom is 0.264 e. The molecule has 6 nitrogen and oxygen atoms in total. The fourth-order valence-electron chi connectivity index (χ4n) is 3.10. The molecule has 2 N–H and O–H groups in total. The van der Waals surface area contributed by atoms with Crippen molar-refractivity contribution in [1.82, 2.24) is 5.32 Å². The minimum Gasteiger partial charge on any atom is -0.350 e. The molecule has 23 heavy (non-hydrogen) atoms. The van der Waals surface area contributed by atoms with E-state index in [1.54, 1.807) is 0 Å². The van der Waals surface area contributed by atoms with Crippen molar-refractivity contribution in [2.24, 2.45) is 5.41 Å². The number of unbranched alkanes of at least 4 members (excludes halogenated alkanes) is 1. The lowest BCUT2D eigenvalue weighted by atomic mass is 9.89. The molecule has 0 aromatic heterocycles. The third-order valence-electron chi connectivity index (χ3n) is 5.17. The first-order chi connectivity index (χ1) is 10.6. The van der Waals surface area contributed by atoms with E-state index in [9.17, 15) is 13.2 Å². The van der Waals surface area contributed by atoms with Crippen LogP contribution in [-0.4, -0.2) is 61.8 Å². The van der Waals surface area contributed by atoms with Gasteiger partial charge in [0.15, 0.2) is 0 Å². The number of rotatable bonds is 10. The Morgan fingerprint density at radius 3 is 2.30 bits per heavy atom. The molecule has 1 amide bonds. The first-order valence-electron chi connectivity index (χ1n) is 8.69. The summed E-state index contributed by atoms with van der Waals surface area (Å²) in [5.74, 6) is -0.0576. The summed E-state index contributed by atoms with van der Waals surface area (Å²) in [6, 6.07) is 0. The van der Waals surface area contributed by atoms with Crippen LogP contribution in [-0.2, 0) is 14.9 Å². The Hall–Kier alpha value is -0.660. The molecule has 0 aromatic rings. The molecule has 1 aliphatic rings. The van der Waals surface area contributed by atoms with Gasteiger partial charge in [-0.2, -0.15) is 8.42 Å². The predicted molar refractivity (Wildman–Crippen MR) is 91.7 cm³/mol. The molecule has 136 valence electrons. The van der Waals surface area contributed by atoms with Gasteiger partial charge in [-0.25, -0.2) is 0 Å². The molecule has 7 heteroatoms. The van der Waals surface area contributed by atoms with Crippen molar-refractivity contribution in [3.63, 3.8) is 0 Å². The second kappa shape index (κ2) is 8.44. The highest BCUT2D eigenvalue weighted by molar-refractivity contribution is 7.85. The van der Waals surface area contributed by atoms with Crippen LogP contribution in [0.3, 0.4) is 0 Å². The van der Waals surface area contributed by atoms with E-state index in [0.717, 1.165) is 43.5 Å². The van der Waals surface area contributed by atoms with Crippen molar-refractivity contribution >= 4 is 16.0 Å². The van der Waals surface area contributed by atoms with Gasteiger partial charge in [-0.1, -0.05) is 20.8 Å². The van der Waals surface area contributed by atoms with Gasteiger partial charge >= 0.3 is 0 Å². The largest absolute Gasteiger partial charge is 0.350 e. The maximum atomic E-state index is 12.1. The van der Waals surface area contributed by atoms with E-state index >= 15 is 0 Å². The minimum absolute atomic E-state index is 0.101. The molecule has 0 aromatic carbocycles. The molecule has 0 aliphatic carbocycles. The van der Waals surface area contributed by atoms with E-state index < -0.39 is 10.1 Å². The summed E-state index contributed by atoms with van der Waals surface area (Å²) >= 11 is 0. The number of nitrogens with zero attached hydrogens (tertiary/aromatic N) is 1. The summed E-state index contributed by atoms with van der Waals surface area (Å²) in [6.45, 7) is 10.6. The zero-order chi connectivity index (χ0) is 17.6. The monoisotopic (exact) mass is 349 g/mol. The number of amides is 1. The van der Waals surface area contributed by atoms with Gasteiger partial charge in [-0.3, -0.25) is 9.35 Å². The van der Waals surface area contributed by atoms with Crippen LogP contribution < -0.4 is 5.32 Å². The lowest BCUT2D eigenvalue weighted by Crippen LogP contribution is -2.51. The van der Waals surface area contributed by atoms with Crippen LogP contribution >= 0.6 is 0 Å². The van der Waals surface area contributed by atoms with Gasteiger partial charge in [0.1, 0.15) is 0 Å². The Bertz CT molecular complexity index is 482. The van der Waals surface area contributed by atoms with Crippen LogP contribution in [0.2, 0.25) is 0 Å². The summed E-state index contributed by atoms with van der Waals surface area (Å²) in [5.41, 5.74) is -0.328. The number of carbonyl (C=O) groups excluding carboxylic acids is 1. The standard InChI is InChI=1S/C16H32N2O4S/c1-4-16(2,3)15(19)17-9-13-18(10-5-6-11-18)12-7-8-14-23(20,21)22/h4-14H2,1-3H3,(H-,17,19,20,21,22)/p+1. The topological polar surface area (TPSA) is 83.5 Å². The van der Waals surface area contributed by atoms with Gasteiger partial charge in [0.05, 0.1) is 38.5 Å². The first kappa shape index (κ1) is 20.4. The van der Waals surface area contributed by atoms with Gasteiger partial charge in [-0.05, 0) is 19.3 Å². The van der Waals surface area contributed by atoms with Crippen molar-refractivity contribution in [1.29, 1.82) is 0 Å². The van der Waals surface area contributed by atoms with Crippen LogP contribution in [0.1, 0.15) is 52.9 Å². The van der Waals surface area contributed by atoms with E-state index in [-0.39, 0.29) is 17.1 Å². The summed E-state index contributed by atoms with van der Waals surface area (Å²) < 4.78 is 31.3. The molecule has 1 heterocycles. The molecule has 0 radical (unpaired) electrons. The van der Waals surface area contributed by atoms with E-state index in [4.69, 9.17) is 4.55 Å². The Kier molecular flexibility index (Phi) is 7.48. The van der Waals surface area contributed by atoms with Gasteiger partial charge < -0.3 is 9.80 Å². The summed E-state index contributed by atoms with van der Waals surface area (Å²) in [6.07, 6.45) is 4.47. The van der Waals surface area contributed by atoms with E-state index in [0.29, 0.717) is 13.0 Å². The SMILES string of the molecule is CCC(C)(C)C(=O)NCC[N+]1(CCCCS(=O)(=O)O)CCCC1. The number of hydrogen-bond donors (Lipinski definition) is 2. The third kappa shape index (κ3) is 7.18. The fourth-order valence-corrected chi connectivity index (χ4v) is 3.67. The number of hydrogen-bond acceptors (Lipinski definition) is 3. The van der Waals surface area contributed by atoms with Crippen molar-refractivity contribution < 1.29 is 22.2 Å². The Labute approximate surface area is 141 Å². The lowest BCUT2D eigenvalue weighted by Gasteiger charge is -2.35. The zero-order valence-electron chi connectivity index (χ0n) is 14.8. The van der Waals surface area contributed by atoms with Gasteiger partial charge in [0.25, 0.3) is 10.1 Å². The highest BCUT2D eigenvalue weighted by Gasteiger charge is 2.32. The van der Waals surface area contributed by atoms with Crippen LogP contribution in [0.15, 0.2) is 0 Å². The predicted octanol–water partition coefficient (Wildman–Crippen LogP) is 1.82. The molecule has 1 rings (SSSR count).